The highest BCUT2D eigenvalue weighted by molar-refractivity contribution is 7.98. The van der Waals surface area contributed by atoms with Crippen molar-refractivity contribution in [2.45, 2.75) is 22.5 Å². The van der Waals surface area contributed by atoms with Gasteiger partial charge >= 0.3 is 0 Å². The number of morpholine rings is 1. The first-order valence-corrected chi connectivity index (χ1v) is 13.7. The molecule has 1 fully saturated rings. The number of amides is 1. The molecule has 3 aromatic rings. The molecule has 35 heavy (non-hydrogen) atoms. The van der Waals surface area contributed by atoms with Crippen LogP contribution >= 0.6 is 11.8 Å². The first-order valence-electron chi connectivity index (χ1n) is 11.2. The predicted molar refractivity (Wildman–Crippen MR) is 138 cm³/mol. The average Bonchev–Trinajstić information content (AvgIpc) is 2.89. The molecule has 0 radical (unpaired) electrons. The number of carbonyl (C=O) groups is 1. The zero-order chi connectivity index (χ0) is 24.8. The number of sulfonamides is 1. The zero-order valence-corrected chi connectivity index (χ0v) is 21.3. The van der Waals surface area contributed by atoms with Gasteiger partial charge in [-0.25, -0.2) is 8.42 Å². The topological polar surface area (TPSA) is 84.9 Å². The van der Waals surface area contributed by atoms with Crippen LogP contribution in [0.25, 0.3) is 0 Å². The molecule has 0 bridgehead atoms. The van der Waals surface area contributed by atoms with Gasteiger partial charge in [0.15, 0.2) is 0 Å². The van der Waals surface area contributed by atoms with Crippen LogP contribution in [-0.4, -0.2) is 52.6 Å². The summed E-state index contributed by atoms with van der Waals surface area (Å²) in [6.45, 7) is 3.67. The molecule has 7 nitrogen and oxygen atoms in total. The number of nitrogens with zero attached hydrogens (tertiary/aromatic N) is 1. The molecule has 184 valence electrons. The van der Waals surface area contributed by atoms with E-state index < -0.39 is 10.0 Å². The van der Waals surface area contributed by atoms with Crippen molar-refractivity contribution in [3.05, 3.63) is 83.4 Å². The molecule has 1 aliphatic rings. The van der Waals surface area contributed by atoms with Gasteiger partial charge in [-0.05, 0) is 54.4 Å². The third-order valence-electron chi connectivity index (χ3n) is 5.69. The fourth-order valence-electron chi connectivity index (χ4n) is 3.78. The van der Waals surface area contributed by atoms with Gasteiger partial charge in [-0.1, -0.05) is 30.3 Å². The maximum Gasteiger partial charge on any atom is 0.261 e. The van der Waals surface area contributed by atoms with Crippen LogP contribution in [0.1, 0.15) is 21.5 Å². The van der Waals surface area contributed by atoms with Gasteiger partial charge in [-0.2, -0.15) is 0 Å². The molecule has 0 unspecified atom stereocenters. The van der Waals surface area contributed by atoms with Gasteiger partial charge in [0.25, 0.3) is 15.9 Å². The predicted octanol–water partition coefficient (Wildman–Crippen LogP) is 4.57. The largest absolute Gasteiger partial charge is 0.496 e. The van der Waals surface area contributed by atoms with E-state index in [-0.39, 0.29) is 16.4 Å². The van der Waals surface area contributed by atoms with Crippen molar-refractivity contribution in [3.63, 3.8) is 0 Å². The summed E-state index contributed by atoms with van der Waals surface area (Å²) in [4.78, 5) is 15.9. The lowest BCUT2D eigenvalue weighted by Crippen LogP contribution is -2.40. The minimum Gasteiger partial charge on any atom is -0.496 e. The second-order valence-corrected chi connectivity index (χ2v) is 10.9. The molecule has 1 saturated heterocycles. The van der Waals surface area contributed by atoms with Gasteiger partial charge in [-0.3, -0.25) is 9.52 Å². The summed E-state index contributed by atoms with van der Waals surface area (Å²) in [6, 6.07) is 20.1. The maximum atomic E-state index is 13.2. The second-order valence-electron chi connectivity index (χ2n) is 8.12. The Labute approximate surface area is 210 Å². The van der Waals surface area contributed by atoms with E-state index in [1.165, 1.54) is 30.2 Å². The zero-order valence-electron chi connectivity index (χ0n) is 19.7. The highest BCUT2D eigenvalue weighted by Crippen LogP contribution is 2.28. The Kier molecular flexibility index (Phi) is 8.00. The maximum absolute atomic E-state index is 13.2. The molecular weight excluding hydrogens is 484 g/mol. The summed E-state index contributed by atoms with van der Waals surface area (Å²) in [5, 5.41) is 0. The summed E-state index contributed by atoms with van der Waals surface area (Å²) in [5.41, 5.74) is 2.62. The Bertz CT molecular complexity index is 1290. The number of methoxy groups -OCH3 is 1. The minimum atomic E-state index is -3.92. The summed E-state index contributed by atoms with van der Waals surface area (Å²) in [6.07, 6.45) is 0. The van der Waals surface area contributed by atoms with Crippen LogP contribution in [0.2, 0.25) is 0 Å². The molecule has 0 atom stereocenters. The third-order valence-corrected chi connectivity index (χ3v) is 8.14. The first-order chi connectivity index (χ1) is 16.9. The van der Waals surface area contributed by atoms with Crippen LogP contribution in [0.3, 0.4) is 0 Å². The number of benzene rings is 3. The van der Waals surface area contributed by atoms with Crippen molar-refractivity contribution in [1.29, 1.82) is 0 Å². The van der Waals surface area contributed by atoms with E-state index in [4.69, 9.17) is 9.47 Å². The Morgan fingerprint density at radius 2 is 1.80 bits per heavy atom. The summed E-state index contributed by atoms with van der Waals surface area (Å²) in [5.74, 6) is 0.833. The third kappa shape index (κ3) is 6.17. The Hall–Kier alpha value is -3.01. The fourth-order valence-corrected chi connectivity index (χ4v) is 5.79. The van der Waals surface area contributed by atoms with Gasteiger partial charge in [0.1, 0.15) is 5.75 Å². The number of ether oxygens (including phenoxy) is 2. The van der Waals surface area contributed by atoms with Gasteiger partial charge < -0.3 is 14.4 Å². The molecule has 0 spiro atoms. The van der Waals surface area contributed by atoms with E-state index in [2.05, 4.69) is 16.9 Å². The molecule has 9 heteroatoms. The summed E-state index contributed by atoms with van der Waals surface area (Å²) < 4.78 is 39.7. The standard InChI is InChI=1S/C26H28N2O5S2/c1-19-16-20(18-34-21-6-4-3-5-7-21)8-10-24(19)27-35(30,31)22-9-11-25(32-2)23(17-22)26(29)28-12-14-33-15-13-28/h3-11,16-17,27H,12-15,18H2,1-2H3. The van der Waals surface area contributed by atoms with E-state index in [1.807, 2.05) is 37.3 Å². The molecule has 1 amide bonds. The normalized spacial score (nSPS) is 13.9. The van der Waals surface area contributed by atoms with Gasteiger partial charge in [0.2, 0.25) is 0 Å². The van der Waals surface area contributed by atoms with Crippen molar-refractivity contribution in [2.75, 3.05) is 38.1 Å². The van der Waals surface area contributed by atoms with Crippen molar-refractivity contribution >= 4 is 33.4 Å². The molecule has 3 aromatic carbocycles. The highest BCUT2D eigenvalue weighted by atomic mass is 32.2. The monoisotopic (exact) mass is 512 g/mol. The van der Waals surface area contributed by atoms with E-state index in [0.717, 1.165) is 16.9 Å². The molecule has 4 rings (SSSR count). The molecule has 0 aromatic heterocycles. The number of rotatable bonds is 8. The molecule has 0 aliphatic carbocycles. The minimum absolute atomic E-state index is 0.00183. The van der Waals surface area contributed by atoms with Crippen LogP contribution in [-0.2, 0) is 20.5 Å². The summed E-state index contributed by atoms with van der Waals surface area (Å²) in [7, 11) is -2.46. The summed E-state index contributed by atoms with van der Waals surface area (Å²) >= 11 is 1.72. The lowest BCUT2D eigenvalue weighted by Gasteiger charge is -2.27. The Balaban J connectivity index is 1.52. The van der Waals surface area contributed by atoms with Gasteiger partial charge in [-0.15, -0.1) is 11.8 Å². The van der Waals surface area contributed by atoms with Gasteiger partial charge in [0, 0.05) is 23.7 Å². The molecule has 1 N–H and O–H groups in total. The van der Waals surface area contributed by atoms with Crippen molar-refractivity contribution in [2.24, 2.45) is 0 Å². The van der Waals surface area contributed by atoms with Crippen LogP contribution < -0.4 is 9.46 Å². The van der Waals surface area contributed by atoms with Crippen LogP contribution in [0, 0.1) is 6.92 Å². The lowest BCUT2D eigenvalue weighted by molar-refractivity contribution is 0.0300. The lowest BCUT2D eigenvalue weighted by atomic mass is 10.1. The van der Waals surface area contributed by atoms with Crippen molar-refractivity contribution in [1.82, 2.24) is 4.90 Å². The number of thioether (sulfide) groups is 1. The molecule has 1 heterocycles. The van der Waals surface area contributed by atoms with E-state index in [0.29, 0.717) is 37.7 Å². The van der Waals surface area contributed by atoms with Crippen LogP contribution in [0.4, 0.5) is 5.69 Å². The quantitative estimate of drug-likeness (QED) is 0.445. The van der Waals surface area contributed by atoms with Crippen LogP contribution in [0.5, 0.6) is 5.75 Å². The smallest absolute Gasteiger partial charge is 0.261 e. The number of anilines is 1. The number of aryl methyl sites for hydroxylation is 1. The SMILES string of the molecule is COc1ccc(S(=O)(=O)Nc2ccc(CSc3ccccc3)cc2C)cc1C(=O)N1CCOCC1. The van der Waals surface area contributed by atoms with E-state index >= 15 is 0 Å². The Morgan fingerprint density at radius 1 is 1.06 bits per heavy atom. The average molecular weight is 513 g/mol. The fraction of sp³-hybridized carbons (Fsp3) is 0.269. The van der Waals surface area contributed by atoms with Crippen molar-refractivity contribution in [3.8, 4) is 5.75 Å². The van der Waals surface area contributed by atoms with Gasteiger partial charge in [0.05, 0.1) is 36.5 Å². The molecular formula is C26H28N2O5S2. The van der Waals surface area contributed by atoms with E-state index in [9.17, 15) is 13.2 Å². The van der Waals surface area contributed by atoms with Crippen LogP contribution in [0.15, 0.2) is 76.5 Å². The molecule has 1 aliphatic heterocycles. The number of hydrogen-bond donors (Lipinski definition) is 1. The Morgan fingerprint density at radius 3 is 2.49 bits per heavy atom. The number of carbonyl (C=O) groups excluding carboxylic acids is 1. The highest BCUT2D eigenvalue weighted by Gasteiger charge is 2.25. The van der Waals surface area contributed by atoms with E-state index in [1.54, 1.807) is 22.7 Å². The molecule has 0 saturated carbocycles. The number of hydrogen-bond acceptors (Lipinski definition) is 6. The number of nitrogens with one attached hydrogen (secondary N) is 1. The van der Waals surface area contributed by atoms with Crippen molar-refractivity contribution < 1.29 is 22.7 Å². The first kappa shape index (κ1) is 25.1. The second kappa shape index (κ2) is 11.2.